The van der Waals surface area contributed by atoms with Crippen LogP contribution < -0.4 is 0 Å². The van der Waals surface area contributed by atoms with Gasteiger partial charge in [0, 0.05) is 13.5 Å². The fourth-order valence-electron chi connectivity index (χ4n) is 2.13. The first-order chi connectivity index (χ1) is 10.6. The van der Waals surface area contributed by atoms with Crippen molar-refractivity contribution in [3.05, 3.63) is 35.9 Å². The summed E-state index contributed by atoms with van der Waals surface area (Å²) in [6, 6.07) is 9.86. The molecule has 0 aliphatic carbocycles. The molecule has 0 aromatic heterocycles. The summed E-state index contributed by atoms with van der Waals surface area (Å²) in [7, 11) is 1.64. The molecular formula is C18H27NO3. The van der Waals surface area contributed by atoms with E-state index in [9.17, 15) is 9.59 Å². The average molecular weight is 305 g/mol. The van der Waals surface area contributed by atoms with E-state index < -0.39 is 0 Å². The zero-order chi connectivity index (χ0) is 16.2. The Hall–Kier alpha value is -1.84. The Kier molecular flexibility index (Phi) is 8.96. The van der Waals surface area contributed by atoms with Crippen molar-refractivity contribution < 1.29 is 14.3 Å². The van der Waals surface area contributed by atoms with Gasteiger partial charge in [-0.05, 0) is 18.4 Å². The van der Waals surface area contributed by atoms with E-state index in [1.54, 1.807) is 7.05 Å². The molecule has 0 spiro atoms. The summed E-state index contributed by atoms with van der Waals surface area (Å²) in [4.78, 5) is 25.1. The number of esters is 1. The minimum Gasteiger partial charge on any atom is -0.464 e. The largest absolute Gasteiger partial charge is 0.464 e. The zero-order valence-corrected chi connectivity index (χ0v) is 13.7. The van der Waals surface area contributed by atoms with Gasteiger partial charge < -0.3 is 9.64 Å². The third-order valence-electron chi connectivity index (χ3n) is 3.52. The lowest BCUT2D eigenvalue weighted by atomic mass is 10.1. The minimum absolute atomic E-state index is 0.0292. The van der Waals surface area contributed by atoms with E-state index in [4.69, 9.17) is 4.74 Å². The third kappa shape index (κ3) is 7.81. The van der Waals surface area contributed by atoms with Crippen LogP contribution in [0.25, 0.3) is 0 Å². The van der Waals surface area contributed by atoms with Crippen LogP contribution in [-0.2, 0) is 20.7 Å². The molecule has 0 bridgehead atoms. The monoisotopic (exact) mass is 305 g/mol. The molecule has 1 rings (SSSR count). The molecule has 0 heterocycles. The number of rotatable bonds is 10. The Morgan fingerprint density at radius 2 is 1.82 bits per heavy atom. The van der Waals surface area contributed by atoms with Crippen molar-refractivity contribution in [1.29, 1.82) is 0 Å². The number of aryl methyl sites for hydroxylation is 1. The number of unbranched alkanes of at least 4 members (excludes halogenated alkanes) is 3. The highest BCUT2D eigenvalue weighted by molar-refractivity contribution is 5.81. The Balaban J connectivity index is 2.18. The van der Waals surface area contributed by atoms with E-state index in [-0.39, 0.29) is 18.4 Å². The Labute approximate surface area is 133 Å². The summed E-state index contributed by atoms with van der Waals surface area (Å²) >= 11 is 0. The molecule has 0 unspecified atom stereocenters. The van der Waals surface area contributed by atoms with Gasteiger partial charge in [0.05, 0.1) is 6.61 Å². The molecule has 0 saturated carbocycles. The zero-order valence-electron chi connectivity index (χ0n) is 13.7. The standard InChI is InChI=1S/C18H27NO3/c1-3-4-5-9-14-22-18(21)15-19(2)17(20)13-12-16-10-7-6-8-11-16/h6-8,10-11H,3-5,9,12-15H2,1-2H3. The smallest absolute Gasteiger partial charge is 0.325 e. The van der Waals surface area contributed by atoms with Gasteiger partial charge in [-0.15, -0.1) is 0 Å². The van der Waals surface area contributed by atoms with Crippen molar-refractivity contribution in [2.75, 3.05) is 20.2 Å². The molecule has 22 heavy (non-hydrogen) atoms. The van der Waals surface area contributed by atoms with Crippen LogP contribution in [-0.4, -0.2) is 37.0 Å². The Bertz CT molecular complexity index is 445. The van der Waals surface area contributed by atoms with Crippen molar-refractivity contribution in [2.45, 2.75) is 45.4 Å². The van der Waals surface area contributed by atoms with Crippen LogP contribution in [0.3, 0.4) is 0 Å². The Morgan fingerprint density at radius 3 is 2.50 bits per heavy atom. The Morgan fingerprint density at radius 1 is 1.09 bits per heavy atom. The quantitative estimate of drug-likeness (QED) is 0.492. The molecule has 0 fully saturated rings. The number of ether oxygens (including phenoxy) is 1. The molecule has 0 N–H and O–H groups in total. The lowest BCUT2D eigenvalue weighted by molar-refractivity contribution is -0.148. The van der Waals surface area contributed by atoms with Crippen molar-refractivity contribution in [3.63, 3.8) is 0 Å². The average Bonchev–Trinajstić information content (AvgIpc) is 2.53. The normalized spacial score (nSPS) is 10.3. The van der Waals surface area contributed by atoms with Gasteiger partial charge in [-0.25, -0.2) is 0 Å². The molecular weight excluding hydrogens is 278 g/mol. The maximum Gasteiger partial charge on any atom is 0.325 e. The van der Waals surface area contributed by atoms with Gasteiger partial charge in [0.25, 0.3) is 0 Å². The summed E-state index contributed by atoms with van der Waals surface area (Å²) in [6.07, 6.45) is 5.39. The van der Waals surface area contributed by atoms with Crippen molar-refractivity contribution in [3.8, 4) is 0 Å². The molecule has 4 heteroatoms. The second kappa shape index (κ2) is 10.8. The van der Waals surface area contributed by atoms with Gasteiger partial charge in [0.15, 0.2) is 0 Å². The number of likely N-dealkylation sites (N-methyl/N-ethyl adjacent to an activating group) is 1. The molecule has 1 aromatic rings. The van der Waals surface area contributed by atoms with Crippen LogP contribution in [0.1, 0.15) is 44.6 Å². The van der Waals surface area contributed by atoms with Crippen LogP contribution in [0.2, 0.25) is 0 Å². The topological polar surface area (TPSA) is 46.6 Å². The van der Waals surface area contributed by atoms with E-state index in [0.29, 0.717) is 19.4 Å². The maximum atomic E-state index is 12.0. The molecule has 0 saturated heterocycles. The first-order valence-corrected chi connectivity index (χ1v) is 8.07. The van der Waals surface area contributed by atoms with Crippen molar-refractivity contribution in [2.24, 2.45) is 0 Å². The molecule has 0 atom stereocenters. The summed E-state index contributed by atoms with van der Waals surface area (Å²) in [5.41, 5.74) is 1.13. The fourth-order valence-corrected chi connectivity index (χ4v) is 2.13. The van der Waals surface area contributed by atoms with Crippen molar-refractivity contribution in [1.82, 2.24) is 4.90 Å². The lowest BCUT2D eigenvalue weighted by Crippen LogP contribution is -2.33. The summed E-state index contributed by atoms with van der Waals surface area (Å²) in [5, 5.41) is 0. The summed E-state index contributed by atoms with van der Waals surface area (Å²) in [5.74, 6) is -0.362. The van der Waals surface area contributed by atoms with E-state index >= 15 is 0 Å². The third-order valence-corrected chi connectivity index (χ3v) is 3.52. The molecule has 0 aliphatic heterocycles. The summed E-state index contributed by atoms with van der Waals surface area (Å²) < 4.78 is 5.14. The second-order valence-corrected chi connectivity index (χ2v) is 5.52. The maximum absolute atomic E-state index is 12.0. The molecule has 1 amide bonds. The summed E-state index contributed by atoms with van der Waals surface area (Å²) in [6.45, 7) is 2.62. The van der Waals surface area contributed by atoms with Crippen LogP contribution in [0.5, 0.6) is 0 Å². The van der Waals surface area contributed by atoms with E-state index in [0.717, 1.165) is 31.2 Å². The SMILES string of the molecule is CCCCCCOC(=O)CN(C)C(=O)CCc1ccccc1. The van der Waals surface area contributed by atoms with Gasteiger partial charge in [-0.3, -0.25) is 9.59 Å². The van der Waals surface area contributed by atoms with Gasteiger partial charge in [0.2, 0.25) is 5.91 Å². The van der Waals surface area contributed by atoms with E-state index in [1.165, 1.54) is 4.90 Å². The van der Waals surface area contributed by atoms with Gasteiger partial charge >= 0.3 is 5.97 Å². The van der Waals surface area contributed by atoms with Crippen LogP contribution in [0, 0.1) is 0 Å². The molecule has 0 radical (unpaired) electrons. The van der Waals surface area contributed by atoms with Crippen LogP contribution in [0.15, 0.2) is 30.3 Å². The molecule has 4 nitrogen and oxygen atoms in total. The molecule has 122 valence electrons. The highest BCUT2D eigenvalue weighted by atomic mass is 16.5. The highest BCUT2D eigenvalue weighted by Crippen LogP contribution is 2.04. The fraction of sp³-hybridized carbons (Fsp3) is 0.556. The van der Waals surface area contributed by atoms with Crippen LogP contribution in [0.4, 0.5) is 0 Å². The number of nitrogens with zero attached hydrogens (tertiary/aromatic N) is 1. The highest BCUT2D eigenvalue weighted by Gasteiger charge is 2.13. The predicted molar refractivity (Wildman–Crippen MR) is 87.5 cm³/mol. The number of amides is 1. The van der Waals surface area contributed by atoms with Crippen molar-refractivity contribution >= 4 is 11.9 Å². The first-order valence-electron chi connectivity index (χ1n) is 8.07. The lowest BCUT2D eigenvalue weighted by Gasteiger charge is -2.16. The number of carbonyl (C=O) groups excluding carboxylic acids is 2. The number of hydrogen-bond donors (Lipinski definition) is 0. The number of carbonyl (C=O) groups is 2. The van der Waals surface area contributed by atoms with Crippen LogP contribution >= 0.6 is 0 Å². The van der Waals surface area contributed by atoms with Gasteiger partial charge in [-0.1, -0.05) is 56.5 Å². The second-order valence-electron chi connectivity index (χ2n) is 5.52. The molecule has 1 aromatic carbocycles. The predicted octanol–water partition coefficient (Wildman–Crippen LogP) is 3.20. The van der Waals surface area contributed by atoms with E-state index in [2.05, 4.69) is 6.92 Å². The first kappa shape index (κ1) is 18.2. The number of benzene rings is 1. The molecule has 0 aliphatic rings. The van der Waals surface area contributed by atoms with E-state index in [1.807, 2.05) is 30.3 Å². The number of hydrogen-bond acceptors (Lipinski definition) is 3. The van der Waals surface area contributed by atoms with Gasteiger partial charge in [-0.2, -0.15) is 0 Å². The van der Waals surface area contributed by atoms with Gasteiger partial charge in [0.1, 0.15) is 6.54 Å². The minimum atomic E-state index is -0.327.